The molecule has 0 aliphatic rings. The highest BCUT2D eigenvalue weighted by atomic mass is 35.5. The van der Waals surface area contributed by atoms with Gasteiger partial charge in [-0.05, 0) is 23.8 Å². The quantitative estimate of drug-likeness (QED) is 0.648. The number of hydrogen-bond donors (Lipinski definition) is 0. The van der Waals surface area contributed by atoms with Crippen molar-refractivity contribution in [2.45, 2.75) is 13.3 Å². The molecule has 0 fully saturated rings. The van der Waals surface area contributed by atoms with Crippen molar-refractivity contribution in [2.24, 2.45) is 0 Å². The van der Waals surface area contributed by atoms with Crippen LogP contribution in [-0.4, -0.2) is 11.0 Å². The maximum Gasteiger partial charge on any atom is 0.310 e. The Labute approximate surface area is 133 Å². The van der Waals surface area contributed by atoms with Crippen LogP contribution in [0.25, 0.3) is 22.0 Å². The summed E-state index contributed by atoms with van der Waals surface area (Å²) in [5, 5.41) is 1.48. The molecule has 0 saturated heterocycles. The molecule has 0 radical (unpaired) electrons. The summed E-state index contributed by atoms with van der Waals surface area (Å²) >= 11 is 6.13. The van der Waals surface area contributed by atoms with Gasteiger partial charge < -0.3 is 4.74 Å². The molecule has 1 aromatic heterocycles. The molecule has 2 aromatic carbocycles. The minimum Gasteiger partial charge on any atom is -0.424 e. The van der Waals surface area contributed by atoms with Crippen LogP contribution < -0.4 is 4.74 Å². The second-order valence-electron chi connectivity index (χ2n) is 4.85. The number of carbonyl (C=O) groups excluding carboxylic acids is 1. The van der Waals surface area contributed by atoms with Crippen LogP contribution in [0.2, 0.25) is 5.02 Å². The summed E-state index contributed by atoms with van der Waals surface area (Å²) in [5.41, 5.74) is 2.59. The van der Waals surface area contributed by atoms with Crippen LogP contribution in [0, 0.1) is 0 Å². The smallest absolute Gasteiger partial charge is 0.310 e. The number of hydrogen-bond acceptors (Lipinski definition) is 3. The van der Waals surface area contributed by atoms with Crippen LogP contribution in [0.1, 0.15) is 13.3 Å². The molecule has 0 aliphatic carbocycles. The number of fused-ring (bicyclic) bond motifs is 1. The van der Waals surface area contributed by atoms with E-state index in [9.17, 15) is 4.79 Å². The maximum absolute atomic E-state index is 11.7. The number of pyridine rings is 1. The molecule has 22 heavy (non-hydrogen) atoms. The van der Waals surface area contributed by atoms with Gasteiger partial charge in [-0.15, -0.1) is 0 Å². The van der Waals surface area contributed by atoms with Crippen molar-refractivity contribution in [3.63, 3.8) is 0 Å². The SMILES string of the molecule is CCC(=O)Oc1cnc2ccc(Cl)cc2c1-c1ccccc1. The zero-order chi connectivity index (χ0) is 15.5. The van der Waals surface area contributed by atoms with E-state index in [1.54, 1.807) is 19.2 Å². The van der Waals surface area contributed by atoms with Gasteiger partial charge in [-0.2, -0.15) is 0 Å². The molecular weight excluding hydrogens is 298 g/mol. The topological polar surface area (TPSA) is 39.2 Å². The van der Waals surface area contributed by atoms with E-state index in [2.05, 4.69) is 4.98 Å². The van der Waals surface area contributed by atoms with Crippen molar-refractivity contribution in [3.8, 4) is 16.9 Å². The van der Waals surface area contributed by atoms with E-state index in [0.717, 1.165) is 22.0 Å². The Balaban J connectivity index is 2.29. The predicted molar refractivity (Wildman–Crippen MR) is 88.1 cm³/mol. The van der Waals surface area contributed by atoms with Gasteiger partial charge in [0.25, 0.3) is 0 Å². The summed E-state index contributed by atoms with van der Waals surface area (Å²) in [5.74, 6) is 0.160. The van der Waals surface area contributed by atoms with Crippen LogP contribution in [0.15, 0.2) is 54.7 Å². The third-order valence-electron chi connectivity index (χ3n) is 3.37. The largest absolute Gasteiger partial charge is 0.424 e. The lowest BCUT2D eigenvalue weighted by Gasteiger charge is -2.13. The Hall–Kier alpha value is -2.39. The number of ether oxygens (including phenoxy) is 1. The average molecular weight is 312 g/mol. The first-order valence-electron chi connectivity index (χ1n) is 7.03. The van der Waals surface area contributed by atoms with Crippen molar-refractivity contribution < 1.29 is 9.53 Å². The first-order valence-corrected chi connectivity index (χ1v) is 7.41. The lowest BCUT2D eigenvalue weighted by molar-refractivity contribution is -0.133. The molecule has 110 valence electrons. The molecule has 4 heteroatoms. The Morgan fingerprint density at radius 3 is 2.68 bits per heavy atom. The zero-order valence-corrected chi connectivity index (χ0v) is 12.8. The van der Waals surface area contributed by atoms with Crippen LogP contribution in [0.4, 0.5) is 0 Å². The van der Waals surface area contributed by atoms with Gasteiger partial charge >= 0.3 is 5.97 Å². The van der Waals surface area contributed by atoms with Gasteiger partial charge in [0, 0.05) is 22.4 Å². The number of nitrogens with zero attached hydrogens (tertiary/aromatic N) is 1. The van der Waals surface area contributed by atoms with E-state index < -0.39 is 0 Å². The van der Waals surface area contributed by atoms with Crippen molar-refractivity contribution >= 4 is 28.5 Å². The molecule has 0 amide bonds. The molecule has 3 rings (SSSR count). The van der Waals surface area contributed by atoms with Crippen LogP contribution in [0.3, 0.4) is 0 Å². The van der Waals surface area contributed by atoms with Gasteiger partial charge in [0.1, 0.15) is 0 Å². The van der Waals surface area contributed by atoms with Crippen molar-refractivity contribution in [1.82, 2.24) is 4.98 Å². The summed E-state index contributed by atoms with van der Waals surface area (Å²) in [6.07, 6.45) is 1.90. The van der Waals surface area contributed by atoms with Crippen LogP contribution in [0.5, 0.6) is 5.75 Å². The normalized spacial score (nSPS) is 10.6. The fourth-order valence-corrected chi connectivity index (χ4v) is 2.49. The van der Waals surface area contributed by atoms with Gasteiger partial charge in [0.15, 0.2) is 5.75 Å². The van der Waals surface area contributed by atoms with E-state index in [0.29, 0.717) is 17.2 Å². The molecule has 0 atom stereocenters. The van der Waals surface area contributed by atoms with E-state index in [-0.39, 0.29) is 5.97 Å². The molecule has 3 aromatic rings. The van der Waals surface area contributed by atoms with Gasteiger partial charge in [0.05, 0.1) is 11.7 Å². The Morgan fingerprint density at radius 1 is 1.18 bits per heavy atom. The lowest BCUT2D eigenvalue weighted by Crippen LogP contribution is -2.07. The van der Waals surface area contributed by atoms with Crippen LogP contribution >= 0.6 is 11.6 Å². The zero-order valence-electron chi connectivity index (χ0n) is 12.0. The number of aromatic nitrogens is 1. The molecule has 3 nitrogen and oxygen atoms in total. The second-order valence-corrected chi connectivity index (χ2v) is 5.29. The molecule has 1 heterocycles. The maximum atomic E-state index is 11.7. The Kier molecular flexibility index (Phi) is 4.07. The molecule has 0 bridgehead atoms. The Bertz CT molecular complexity index is 831. The van der Waals surface area contributed by atoms with Gasteiger partial charge in [0.2, 0.25) is 0 Å². The summed E-state index contributed by atoms with van der Waals surface area (Å²) in [6, 6.07) is 15.3. The number of esters is 1. The minimum absolute atomic E-state index is 0.291. The van der Waals surface area contributed by atoms with E-state index >= 15 is 0 Å². The van der Waals surface area contributed by atoms with Gasteiger partial charge in [-0.3, -0.25) is 9.78 Å². The molecule has 0 aliphatic heterocycles. The van der Waals surface area contributed by atoms with Gasteiger partial charge in [-0.1, -0.05) is 48.9 Å². The van der Waals surface area contributed by atoms with Crippen molar-refractivity contribution in [3.05, 3.63) is 59.8 Å². The lowest BCUT2D eigenvalue weighted by atomic mass is 10.0. The third kappa shape index (κ3) is 2.81. The number of halogens is 1. The second kappa shape index (κ2) is 6.16. The molecular formula is C18H14ClNO2. The fraction of sp³-hybridized carbons (Fsp3) is 0.111. The molecule has 0 unspecified atom stereocenters. The number of benzene rings is 2. The predicted octanol–water partition coefficient (Wildman–Crippen LogP) is 4.87. The fourth-order valence-electron chi connectivity index (χ4n) is 2.32. The first kappa shape index (κ1) is 14.5. The summed E-state index contributed by atoms with van der Waals surface area (Å²) in [7, 11) is 0. The standard InChI is InChI=1S/C18H14ClNO2/c1-2-17(21)22-16-11-20-15-9-8-13(19)10-14(15)18(16)12-6-4-3-5-7-12/h3-11H,2H2,1H3. The summed E-state index contributed by atoms with van der Waals surface area (Å²) < 4.78 is 5.45. The Morgan fingerprint density at radius 2 is 1.95 bits per heavy atom. The van der Waals surface area contributed by atoms with Crippen molar-refractivity contribution in [2.75, 3.05) is 0 Å². The monoisotopic (exact) mass is 311 g/mol. The van der Waals surface area contributed by atoms with Crippen LogP contribution in [-0.2, 0) is 4.79 Å². The van der Waals surface area contributed by atoms with E-state index in [1.165, 1.54) is 0 Å². The van der Waals surface area contributed by atoms with E-state index in [1.807, 2.05) is 42.5 Å². The number of carbonyl (C=O) groups is 1. The molecule has 0 N–H and O–H groups in total. The highest BCUT2D eigenvalue weighted by Crippen LogP contribution is 2.37. The third-order valence-corrected chi connectivity index (χ3v) is 3.61. The highest BCUT2D eigenvalue weighted by Gasteiger charge is 2.15. The minimum atomic E-state index is -0.291. The van der Waals surface area contributed by atoms with Gasteiger partial charge in [-0.25, -0.2) is 0 Å². The first-order chi connectivity index (χ1) is 10.7. The summed E-state index contributed by atoms with van der Waals surface area (Å²) in [6.45, 7) is 1.76. The molecule has 0 spiro atoms. The van der Waals surface area contributed by atoms with Crippen molar-refractivity contribution in [1.29, 1.82) is 0 Å². The highest BCUT2D eigenvalue weighted by molar-refractivity contribution is 6.31. The molecule has 0 saturated carbocycles. The average Bonchev–Trinajstić information content (AvgIpc) is 2.55. The summed E-state index contributed by atoms with van der Waals surface area (Å²) in [4.78, 5) is 16.1. The number of rotatable bonds is 3. The van der Waals surface area contributed by atoms with E-state index in [4.69, 9.17) is 16.3 Å².